The largest absolute Gasteiger partial charge is 0.497 e. The van der Waals surface area contributed by atoms with E-state index in [1.807, 2.05) is 18.2 Å². The summed E-state index contributed by atoms with van der Waals surface area (Å²) in [5, 5.41) is 3.26. The predicted molar refractivity (Wildman–Crippen MR) is 79.6 cm³/mol. The fraction of sp³-hybridized carbons (Fsp3) is 0.500. The van der Waals surface area contributed by atoms with E-state index < -0.39 is 0 Å². The number of allylic oxidation sites excluding steroid dienone is 1. The summed E-state index contributed by atoms with van der Waals surface area (Å²) in [7, 11) is 0. The molecule has 2 aliphatic rings. The molecular formula is C16H21FN2O. The van der Waals surface area contributed by atoms with Crippen LogP contribution in [0.2, 0.25) is 0 Å². The van der Waals surface area contributed by atoms with Crippen molar-refractivity contribution in [2.24, 2.45) is 0 Å². The molecular weight excluding hydrogens is 255 g/mol. The molecule has 0 amide bonds. The Hall–Kier alpha value is -1.71. The first-order chi connectivity index (χ1) is 9.83. The molecule has 0 spiro atoms. The van der Waals surface area contributed by atoms with Crippen LogP contribution in [0, 0.1) is 5.82 Å². The molecule has 2 heterocycles. The average molecular weight is 276 g/mol. The van der Waals surface area contributed by atoms with Gasteiger partial charge < -0.3 is 15.0 Å². The van der Waals surface area contributed by atoms with Crippen LogP contribution in [0.5, 0.6) is 0 Å². The Labute approximate surface area is 119 Å². The maximum Gasteiger partial charge on any atom is 0.148 e. The van der Waals surface area contributed by atoms with E-state index in [1.165, 1.54) is 0 Å². The maximum atomic E-state index is 14.1. The molecule has 4 heteroatoms. The maximum absolute atomic E-state index is 14.1. The lowest BCUT2D eigenvalue weighted by molar-refractivity contribution is 0.135. The number of hydrogen-bond donors (Lipinski definition) is 1. The Morgan fingerprint density at radius 2 is 2.15 bits per heavy atom. The first-order valence-corrected chi connectivity index (χ1v) is 7.42. The molecule has 2 aliphatic heterocycles. The van der Waals surface area contributed by atoms with E-state index >= 15 is 0 Å². The Balaban J connectivity index is 1.59. The van der Waals surface area contributed by atoms with Crippen molar-refractivity contribution in [1.29, 1.82) is 0 Å². The molecule has 0 saturated carbocycles. The van der Waals surface area contributed by atoms with Gasteiger partial charge in [-0.25, -0.2) is 4.39 Å². The Morgan fingerprint density at radius 3 is 2.85 bits per heavy atom. The van der Waals surface area contributed by atoms with Gasteiger partial charge in [0, 0.05) is 18.8 Å². The van der Waals surface area contributed by atoms with E-state index in [2.05, 4.69) is 10.2 Å². The summed E-state index contributed by atoms with van der Waals surface area (Å²) < 4.78 is 19.6. The van der Waals surface area contributed by atoms with Gasteiger partial charge in [0.05, 0.1) is 18.5 Å². The van der Waals surface area contributed by atoms with Crippen LogP contribution in [0.1, 0.15) is 25.7 Å². The average Bonchev–Trinajstić information content (AvgIpc) is 3.00. The highest BCUT2D eigenvalue weighted by atomic mass is 19.1. The quantitative estimate of drug-likeness (QED) is 0.910. The Bertz CT molecular complexity index is 483. The third-order valence-corrected chi connectivity index (χ3v) is 3.95. The Morgan fingerprint density at radius 1 is 1.30 bits per heavy atom. The van der Waals surface area contributed by atoms with Crippen LogP contribution in [0.25, 0.3) is 0 Å². The van der Waals surface area contributed by atoms with Crippen molar-refractivity contribution in [2.45, 2.75) is 31.8 Å². The van der Waals surface area contributed by atoms with Gasteiger partial charge in [0.2, 0.25) is 0 Å². The zero-order valence-electron chi connectivity index (χ0n) is 11.6. The van der Waals surface area contributed by atoms with Crippen molar-refractivity contribution in [3.63, 3.8) is 0 Å². The summed E-state index contributed by atoms with van der Waals surface area (Å²) in [6.45, 7) is 2.64. The number of hydrogen-bond acceptors (Lipinski definition) is 3. The molecule has 1 aromatic carbocycles. The minimum Gasteiger partial charge on any atom is -0.497 e. The molecule has 3 rings (SSSR count). The molecule has 1 N–H and O–H groups in total. The molecule has 1 saturated heterocycles. The van der Waals surface area contributed by atoms with Crippen LogP contribution in [0.3, 0.4) is 0 Å². The molecule has 20 heavy (non-hydrogen) atoms. The van der Waals surface area contributed by atoms with E-state index in [0.29, 0.717) is 6.54 Å². The Kier molecular flexibility index (Phi) is 4.09. The SMILES string of the molecule is Fc1cc(NCC2CCC=CO2)ccc1N1CCCC1. The number of benzene rings is 1. The van der Waals surface area contributed by atoms with Gasteiger partial charge in [0.25, 0.3) is 0 Å². The molecule has 1 aromatic rings. The molecule has 1 unspecified atom stereocenters. The number of nitrogens with one attached hydrogen (secondary N) is 1. The van der Waals surface area contributed by atoms with Crippen LogP contribution >= 0.6 is 0 Å². The van der Waals surface area contributed by atoms with Crippen molar-refractivity contribution >= 4 is 11.4 Å². The third-order valence-electron chi connectivity index (χ3n) is 3.95. The third kappa shape index (κ3) is 3.06. The molecule has 3 nitrogen and oxygen atoms in total. The number of rotatable bonds is 4. The summed E-state index contributed by atoms with van der Waals surface area (Å²) in [5.74, 6) is -0.138. The monoisotopic (exact) mass is 276 g/mol. The van der Waals surface area contributed by atoms with E-state index in [-0.39, 0.29) is 11.9 Å². The van der Waals surface area contributed by atoms with Crippen LogP contribution in [-0.4, -0.2) is 25.7 Å². The minimum absolute atomic E-state index is 0.138. The second-order valence-electron chi connectivity index (χ2n) is 5.45. The smallest absolute Gasteiger partial charge is 0.148 e. The molecule has 108 valence electrons. The van der Waals surface area contributed by atoms with Crippen LogP contribution in [-0.2, 0) is 4.74 Å². The van der Waals surface area contributed by atoms with Crippen LogP contribution < -0.4 is 10.2 Å². The lowest BCUT2D eigenvalue weighted by Gasteiger charge is -2.21. The van der Waals surface area contributed by atoms with Gasteiger partial charge in [-0.3, -0.25) is 0 Å². The topological polar surface area (TPSA) is 24.5 Å². The number of nitrogens with zero attached hydrogens (tertiary/aromatic N) is 1. The van der Waals surface area contributed by atoms with Crippen molar-refractivity contribution in [2.75, 3.05) is 29.9 Å². The van der Waals surface area contributed by atoms with Gasteiger partial charge in [-0.1, -0.05) is 0 Å². The van der Waals surface area contributed by atoms with E-state index in [9.17, 15) is 4.39 Å². The second-order valence-corrected chi connectivity index (χ2v) is 5.45. The standard InChI is InChI=1S/C16H21FN2O/c17-15-11-13(18-12-14-5-1-4-10-20-14)6-7-16(15)19-8-2-3-9-19/h4,6-7,10-11,14,18H,1-3,5,8-9,12H2. The molecule has 0 aliphatic carbocycles. The van der Waals surface area contributed by atoms with Gasteiger partial charge in [-0.2, -0.15) is 0 Å². The van der Waals surface area contributed by atoms with Gasteiger partial charge in [0.1, 0.15) is 11.9 Å². The summed E-state index contributed by atoms with van der Waals surface area (Å²) in [5.41, 5.74) is 1.55. The first-order valence-electron chi connectivity index (χ1n) is 7.42. The van der Waals surface area contributed by atoms with Gasteiger partial charge in [-0.05, 0) is 50.0 Å². The summed E-state index contributed by atoms with van der Waals surface area (Å²) in [6.07, 6.45) is 8.35. The molecule has 0 bridgehead atoms. The predicted octanol–water partition coefficient (Wildman–Crippen LogP) is 3.53. The van der Waals surface area contributed by atoms with Crippen molar-refractivity contribution in [1.82, 2.24) is 0 Å². The van der Waals surface area contributed by atoms with Crippen LogP contribution in [0.15, 0.2) is 30.5 Å². The fourth-order valence-electron chi connectivity index (χ4n) is 2.80. The van der Waals surface area contributed by atoms with Crippen LogP contribution in [0.4, 0.5) is 15.8 Å². The summed E-state index contributed by atoms with van der Waals surface area (Å²) >= 11 is 0. The fourth-order valence-corrected chi connectivity index (χ4v) is 2.80. The molecule has 1 fully saturated rings. The number of anilines is 2. The highest BCUT2D eigenvalue weighted by Gasteiger charge is 2.16. The molecule has 0 radical (unpaired) electrons. The number of ether oxygens (including phenoxy) is 1. The lowest BCUT2D eigenvalue weighted by atomic mass is 10.1. The lowest BCUT2D eigenvalue weighted by Crippen LogP contribution is -2.23. The molecule has 0 aromatic heterocycles. The van der Waals surface area contributed by atoms with Crippen molar-refractivity contribution in [3.05, 3.63) is 36.4 Å². The second kappa shape index (κ2) is 6.16. The van der Waals surface area contributed by atoms with E-state index in [0.717, 1.165) is 50.1 Å². The zero-order valence-corrected chi connectivity index (χ0v) is 11.6. The van der Waals surface area contributed by atoms with Crippen molar-refractivity contribution in [3.8, 4) is 0 Å². The first kappa shape index (κ1) is 13.3. The van der Waals surface area contributed by atoms with E-state index in [1.54, 1.807) is 12.3 Å². The summed E-state index contributed by atoms with van der Waals surface area (Å²) in [4.78, 5) is 2.12. The zero-order chi connectivity index (χ0) is 13.8. The highest BCUT2D eigenvalue weighted by molar-refractivity contribution is 5.56. The van der Waals surface area contributed by atoms with Crippen molar-refractivity contribution < 1.29 is 9.13 Å². The van der Waals surface area contributed by atoms with E-state index in [4.69, 9.17) is 4.74 Å². The summed E-state index contributed by atoms with van der Waals surface area (Å²) in [6, 6.07) is 5.42. The highest BCUT2D eigenvalue weighted by Crippen LogP contribution is 2.26. The minimum atomic E-state index is -0.138. The van der Waals surface area contributed by atoms with Gasteiger partial charge in [-0.15, -0.1) is 0 Å². The normalized spacial score (nSPS) is 21.9. The van der Waals surface area contributed by atoms with Gasteiger partial charge >= 0.3 is 0 Å². The number of halogens is 1. The molecule has 1 atom stereocenters. The van der Waals surface area contributed by atoms with Gasteiger partial charge in [0.15, 0.2) is 0 Å².